The zero-order valence-electron chi connectivity index (χ0n) is 19.8. The number of methoxy groups -OCH3 is 2. The molecule has 0 spiro atoms. The molecule has 37 heavy (non-hydrogen) atoms. The van der Waals surface area contributed by atoms with Gasteiger partial charge in [-0.25, -0.2) is 4.79 Å². The number of hydrogen-bond donors (Lipinski definition) is 2. The number of hydrogen-bond acceptors (Lipinski definition) is 12. The van der Waals surface area contributed by atoms with E-state index in [1.807, 2.05) is 0 Å². The predicted octanol–water partition coefficient (Wildman–Crippen LogP) is 2.22. The Bertz CT molecular complexity index is 1520. The molecule has 0 aliphatic rings. The molecule has 0 bridgehead atoms. The SMILES string of the molecule is COCCOc1c(-c2c(C#N)cccc2COC)cc(C(=O)Nc2nnc(-n3nccc3N)s2)oc1=O. The minimum atomic E-state index is -0.905. The van der Waals surface area contributed by atoms with Gasteiger partial charge in [-0.2, -0.15) is 15.0 Å². The van der Waals surface area contributed by atoms with Crippen LogP contribution in [0, 0.1) is 11.3 Å². The largest absolute Gasteiger partial charge is 0.484 e. The van der Waals surface area contributed by atoms with Crippen LogP contribution in [0.15, 0.2) is 45.7 Å². The second kappa shape index (κ2) is 11.4. The van der Waals surface area contributed by atoms with Gasteiger partial charge in [0.05, 0.1) is 31.0 Å². The lowest BCUT2D eigenvalue weighted by Crippen LogP contribution is -2.18. The van der Waals surface area contributed by atoms with Gasteiger partial charge in [0.25, 0.3) is 5.91 Å². The molecule has 0 aliphatic heterocycles. The van der Waals surface area contributed by atoms with Gasteiger partial charge in [-0.1, -0.05) is 23.5 Å². The molecule has 0 saturated heterocycles. The van der Waals surface area contributed by atoms with Crippen LogP contribution < -0.4 is 21.4 Å². The lowest BCUT2D eigenvalue weighted by molar-refractivity contribution is 0.0990. The number of aromatic nitrogens is 4. The minimum Gasteiger partial charge on any atom is -0.484 e. The maximum Gasteiger partial charge on any atom is 0.379 e. The quantitative estimate of drug-likeness (QED) is 0.291. The zero-order chi connectivity index (χ0) is 26.4. The van der Waals surface area contributed by atoms with Crippen LogP contribution in [0.2, 0.25) is 0 Å². The topological polar surface area (TPSA) is 180 Å². The first-order chi connectivity index (χ1) is 18.0. The summed E-state index contributed by atoms with van der Waals surface area (Å²) in [5.41, 5.74) is 6.37. The van der Waals surface area contributed by atoms with E-state index in [9.17, 15) is 14.9 Å². The Balaban J connectivity index is 1.75. The normalized spacial score (nSPS) is 10.7. The number of nitrogens with one attached hydrogen (secondary N) is 1. The highest BCUT2D eigenvalue weighted by Gasteiger charge is 2.24. The van der Waals surface area contributed by atoms with Gasteiger partial charge in [-0.05, 0) is 17.7 Å². The summed E-state index contributed by atoms with van der Waals surface area (Å²) in [6, 6.07) is 10.1. The summed E-state index contributed by atoms with van der Waals surface area (Å²) in [6.45, 7) is 0.387. The fraction of sp³-hybridized carbons (Fsp3) is 0.217. The highest BCUT2D eigenvalue weighted by molar-refractivity contribution is 7.17. The Morgan fingerprint density at radius 1 is 1.24 bits per heavy atom. The first-order valence-corrected chi connectivity index (χ1v) is 11.5. The molecule has 0 radical (unpaired) electrons. The van der Waals surface area contributed by atoms with Gasteiger partial charge < -0.3 is 24.4 Å². The molecular formula is C23H21N7O6S. The van der Waals surface area contributed by atoms with Crippen molar-refractivity contribution in [2.75, 3.05) is 38.5 Å². The number of carbonyl (C=O) groups is 1. The molecule has 1 amide bonds. The molecule has 3 N–H and O–H groups in total. The van der Waals surface area contributed by atoms with E-state index < -0.39 is 11.5 Å². The Morgan fingerprint density at radius 2 is 2.08 bits per heavy atom. The van der Waals surface area contributed by atoms with E-state index in [2.05, 4.69) is 26.7 Å². The predicted molar refractivity (Wildman–Crippen MR) is 133 cm³/mol. The maximum absolute atomic E-state index is 13.0. The fourth-order valence-corrected chi connectivity index (χ4v) is 4.13. The first kappa shape index (κ1) is 25.5. The smallest absolute Gasteiger partial charge is 0.379 e. The molecule has 0 unspecified atom stereocenters. The van der Waals surface area contributed by atoms with Crippen molar-refractivity contribution in [3.8, 4) is 28.1 Å². The number of nitrogen functional groups attached to an aromatic ring is 1. The van der Waals surface area contributed by atoms with Crippen LogP contribution in [0.5, 0.6) is 5.75 Å². The molecule has 0 fully saturated rings. The molecule has 0 atom stereocenters. The summed E-state index contributed by atoms with van der Waals surface area (Å²) in [4.78, 5) is 26.0. The van der Waals surface area contributed by atoms with E-state index in [0.717, 1.165) is 11.3 Å². The second-order valence-corrected chi connectivity index (χ2v) is 8.33. The Morgan fingerprint density at radius 3 is 2.78 bits per heavy atom. The molecule has 3 aromatic heterocycles. The van der Waals surface area contributed by atoms with Gasteiger partial charge in [0, 0.05) is 31.4 Å². The molecular weight excluding hydrogens is 502 g/mol. The number of carbonyl (C=O) groups excluding carboxylic acids is 1. The molecule has 4 aromatic rings. The van der Waals surface area contributed by atoms with Crippen molar-refractivity contribution < 1.29 is 23.4 Å². The van der Waals surface area contributed by atoms with Crippen LogP contribution in [0.1, 0.15) is 21.7 Å². The number of nitrogens with zero attached hydrogens (tertiary/aromatic N) is 5. The van der Waals surface area contributed by atoms with Crippen LogP contribution in [-0.4, -0.2) is 53.3 Å². The molecule has 14 heteroatoms. The third-order valence-electron chi connectivity index (χ3n) is 4.99. The van der Waals surface area contributed by atoms with E-state index in [0.29, 0.717) is 22.1 Å². The molecule has 13 nitrogen and oxygen atoms in total. The Labute approximate surface area is 214 Å². The molecule has 3 heterocycles. The highest BCUT2D eigenvalue weighted by Crippen LogP contribution is 2.34. The minimum absolute atomic E-state index is 0.0399. The summed E-state index contributed by atoms with van der Waals surface area (Å²) >= 11 is 1.01. The third kappa shape index (κ3) is 5.48. The van der Waals surface area contributed by atoms with Gasteiger partial charge in [-0.3, -0.25) is 10.1 Å². The van der Waals surface area contributed by atoms with Gasteiger partial charge in [-0.15, -0.1) is 10.2 Å². The number of rotatable bonds is 10. The first-order valence-electron chi connectivity index (χ1n) is 10.7. The van der Waals surface area contributed by atoms with Gasteiger partial charge in [0.2, 0.25) is 16.0 Å². The number of ether oxygens (including phenoxy) is 3. The lowest BCUT2D eigenvalue weighted by atomic mass is 9.94. The summed E-state index contributed by atoms with van der Waals surface area (Å²) in [5, 5.41) is 24.7. The van der Waals surface area contributed by atoms with Crippen LogP contribution in [0.3, 0.4) is 0 Å². The average Bonchev–Trinajstić information content (AvgIpc) is 3.53. The standard InChI is InChI=1S/C23H21N7O6S/c1-33-8-9-35-19-15(18-13(11-24)4-3-5-14(18)12-34-2)10-16(36-21(19)32)20(31)27-22-28-29-23(37-22)30-17(25)6-7-26-30/h3-7,10H,8-9,12,25H2,1-2H3,(H,27,28,31). The van der Waals surface area contributed by atoms with Gasteiger partial charge >= 0.3 is 5.63 Å². The fourth-order valence-electron chi connectivity index (χ4n) is 3.41. The van der Waals surface area contributed by atoms with Crippen molar-refractivity contribution in [3.05, 3.63) is 63.8 Å². The highest BCUT2D eigenvalue weighted by atomic mass is 32.1. The van der Waals surface area contributed by atoms with E-state index in [4.69, 9.17) is 24.4 Å². The van der Waals surface area contributed by atoms with Crippen molar-refractivity contribution in [3.63, 3.8) is 0 Å². The van der Waals surface area contributed by atoms with Gasteiger partial charge in [0.1, 0.15) is 12.4 Å². The number of amides is 1. The van der Waals surface area contributed by atoms with Crippen molar-refractivity contribution in [1.29, 1.82) is 5.26 Å². The Kier molecular flexibility index (Phi) is 7.89. The van der Waals surface area contributed by atoms with Crippen molar-refractivity contribution >= 4 is 28.2 Å². The molecule has 4 rings (SSSR count). The van der Waals surface area contributed by atoms with E-state index in [1.165, 1.54) is 31.2 Å². The lowest BCUT2D eigenvalue weighted by Gasteiger charge is -2.15. The Hall–Kier alpha value is -4.58. The van der Waals surface area contributed by atoms with Crippen molar-refractivity contribution in [2.45, 2.75) is 6.61 Å². The van der Waals surface area contributed by atoms with Crippen molar-refractivity contribution in [1.82, 2.24) is 20.0 Å². The molecule has 190 valence electrons. The summed E-state index contributed by atoms with van der Waals surface area (Å²) < 4.78 is 22.6. The number of anilines is 2. The van der Waals surface area contributed by atoms with Crippen LogP contribution >= 0.6 is 11.3 Å². The van der Waals surface area contributed by atoms with E-state index in [1.54, 1.807) is 24.3 Å². The van der Waals surface area contributed by atoms with Gasteiger partial charge in [0.15, 0.2) is 5.76 Å². The summed E-state index contributed by atoms with van der Waals surface area (Å²) in [5.74, 6) is -0.913. The van der Waals surface area contributed by atoms with Crippen LogP contribution in [0.4, 0.5) is 10.9 Å². The van der Waals surface area contributed by atoms with E-state index >= 15 is 0 Å². The second-order valence-electron chi connectivity index (χ2n) is 7.38. The van der Waals surface area contributed by atoms with Crippen LogP contribution in [-0.2, 0) is 16.1 Å². The van der Waals surface area contributed by atoms with Crippen molar-refractivity contribution in [2.24, 2.45) is 0 Å². The average molecular weight is 524 g/mol. The summed E-state index contributed by atoms with van der Waals surface area (Å²) in [6.07, 6.45) is 1.50. The van der Waals surface area contributed by atoms with E-state index in [-0.39, 0.29) is 47.6 Å². The molecule has 1 aromatic carbocycles. The third-order valence-corrected chi connectivity index (χ3v) is 5.81. The molecule has 0 saturated carbocycles. The number of nitrogens with two attached hydrogens (primary N) is 1. The maximum atomic E-state index is 13.0. The number of nitriles is 1. The number of benzene rings is 1. The zero-order valence-corrected chi connectivity index (χ0v) is 20.6. The summed E-state index contributed by atoms with van der Waals surface area (Å²) in [7, 11) is 2.99. The molecule has 0 aliphatic carbocycles. The monoisotopic (exact) mass is 523 g/mol. The van der Waals surface area contributed by atoms with Crippen LogP contribution in [0.25, 0.3) is 16.3 Å².